The summed E-state index contributed by atoms with van der Waals surface area (Å²) in [6, 6.07) is 11.8. The fourth-order valence-corrected chi connectivity index (χ4v) is 4.29. The van der Waals surface area contributed by atoms with Crippen LogP contribution in [0.4, 0.5) is 5.69 Å². The Morgan fingerprint density at radius 3 is 2.82 bits per heavy atom. The van der Waals surface area contributed by atoms with Crippen molar-refractivity contribution in [3.05, 3.63) is 89.4 Å². The summed E-state index contributed by atoms with van der Waals surface area (Å²) in [5.74, 6) is 0.565. The monoisotopic (exact) mass is 456 g/mol. The van der Waals surface area contributed by atoms with E-state index < -0.39 is 0 Å². The third-order valence-corrected chi connectivity index (χ3v) is 6.01. The maximum absolute atomic E-state index is 12.8. The van der Waals surface area contributed by atoms with Crippen molar-refractivity contribution in [3.63, 3.8) is 0 Å². The van der Waals surface area contributed by atoms with Gasteiger partial charge in [0.05, 0.1) is 0 Å². The van der Waals surface area contributed by atoms with Crippen LogP contribution in [0.3, 0.4) is 0 Å². The molecule has 0 saturated carbocycles. The molecule has 1 aromatic carbocycles. The van der Waals surface area contributed by atoms with E-state index in [1.807, 2.05) is 36.4 Å². The number of nitrogens with zero attached hydrogens (tertiary/aromatic N) is 3. The van der Waals surface area contributed by atoms with Gasteiger partial charge in [0.15, 0.2) is 0 Å². The molecular formula is C27H32N6O. The standard InChI is InChI=1S/C27H32N6O/c1-4-29-26-23(18(2)3)15-24(32-26)20-7-9-22(10-8-20)31-27(34)25-14-19(11-12-30-25)16-33-13-5-6-21(28)17-33/h4,7-12,14-15,21H,1,5-6,13,16-17,28H2,2-3H3,(H,29,32)(H,31,34). The molecule has 2 aromatic rings. The molecule has 2 aliphatic rings. The minimum absolute atomic E-state index is 0.226. The zero-order valence-electron chi connectivity index (χ0n) is 19.8. The van der Waals surface area contributed by atoms with Crippen LogP contribution in [0, 0.1) is 0 Å². The number of hydrogen-bond donors (Lipinski definition) is 3. The quantitative estimate of drug-likeness (QED) is 0.609. The lowest BCUT2D eigenvalue weighted by molar-refractivity contribution is 0.102. The van der Waals surface area contributed by atoms with Crippen molar-refractivity contribution in [2.45, 2.75) is 39.3 Å². The van der Waals surface area contributed by atoms with Gasteiger partial charge in [-0.2, -0.15) is 0 Å². The molecule has 0 bridgehead atoms. The Morgan fingerprint density at radius 1 is 1.32 bits per heavy atom. The predicted octanol–water partition coefficient (Wildman–Crippen LogP) is 4.08. The molecule has 34 heavy (non-hydrogen) atoms. The minimum atomic E-state index is -0.226. The van der Waals surface area contributed by atoms with E-state index in [0.29, 0.717) is 11.4 Å². The Balaban J connectivity index is 1.42. The highest BCUT2D eigenvalue weighted by Gasteiger charge is 2.19. The van der Waals surface area contributed by atoms with Crippen molar-refractivity contribution in [2.75, 3.05) is 18.4 Å². The van der Waals surface area contributed by atoms with E-state index in [2.05, 4.69) is 52.0 Å². The van der Waals surface area contributed by atoms with Gasteiger partial charge in [-0.1, -0.05) is 24.3 Å². The molecule has 1 saturated heterocycles. The minimum Gasteiger partial charge on any atom is -0.339 e. The molecule has 7 heteroatoms. The number of benzene rings is 1. The molecule has 4 rings (SSSR count). The Hall–Kier alpha value is -3.55. The Kier molecular flexibility index (Phi) is 7.35. The first kappa shape index (κ1) is 23.6. The van der Waals surface area contributed by atoms with Crippen LogP contribution in [0.15, 0.2) is 77.6 Å². The second-order valence-electron chi connectivity index (χ2n) is 8.98. The number of piperidine rings is 1. The molecule has 0 spiro atoms. The maximum atomic E-state index is 12.8. The highest BCUT2D eigenvalue weighted by atomic mass is 16.1. The SMILES string of the molecule is C=CN=C1NC(c2ccc(NC(=O)c3cc(CN4CCCC(N)C4)ccn3)cc2)=CC1=C(C)C. The fraction of sp³-hybridized carbons (Fsp3) is 0.296. The van der Waals surface area contributed by atoms with E-state index >= 15 is 0 Å². The number of pyridine rings is 1. The predicted molar refractivity (Wildman–Crippen MR) is 138 cm³/mol. The van der Waals surface area contributed by atoms with Gasteiger partial charge in [-0.3, -0.25) is 14.7 Å². The van der Waals surface area contributed by atoms with Crippen LogP contribution in [-0.4, -0.2) is 40.8 Å². The molecule has 0 radical (unpaired) electrons. The molecule has 1 unspecified atom stereocenters. The molecule has 4 N–H and O–H groups in total. The van der Waals surface area contributed by atoms with Crippen molar-refractivity contribution in [1.82, 2.24) is 15.2 Å². The maximum Gasteiger partial charge on any atom is 0.274 e. The van der Waals surface area contributed by atoms with E-state index in [9.17, 15) is 4.79 Å². The zero-order chi connectivity index (χ0) is 24.1. The Labute approximate surface area is 201 Å². The van der Waals surface area contributed by atoms with Crippen LogP contribution >= 0.6 is 0 Å². The molecule has 0 aliphatic carbocycles. The summed E-state index contributed by atoms with van der Waals surface area (Å²) in [5, 5.41) is 6.29. The Bertz CT molecular complexity index is 1160. The largest absolute Gasteiger partial charge is 0.339 e. The summed E-state index contributed by atoms with van der Waals surface area (Å²) >= 11 is 0. The number of allylic oxidation sites excluding steroid dienone is 1. The highest BCUT2D eigenvalue weighted by molar-refractivity contribution is 6.12. The van der Waals surface area contributed by atoms with E-state index in [0.717, 1.165) is 60.7 Å². The molecule has 3 heterocycles. The van der Waals surface area contributed by atoms with Crippen LogP contribution in [0.2, 0.25) is 0 Å². The average molecular weight is 457 g/mol. The lowest BCUT2D eigenvalue weighted by atomic mass is 10.1. The normalized spacial score (nSPS) is 19.5. The number of amidine groups is 1. The number of likely N-dealkylation sites (tertiary alicyclic amines) is 1. The number of carbonyl (C=O) groups is 1. The number of aromatic nitrogens is 1. The van der Waals surface area contributed by atoms with Gasteiger partial charge in [-0.05, 0) is 74.7 Å². The van der Waals surface area contributed by atoms with E-state index in [-0.39, 0.29) is 11.9 Å². The summed E-state index contributed by atoms with van der Waals surface area (Å²) in [4.78, 5) is 23.8. The number of nitrogens with two attached hydrogens (primary N) is 1. The van der Waals surface area contributed by atoms with Gasteiger partial charge in [-0.15, -0.1) is 0 Å². The second kappa shape index (κ2) is 10.6. The lowest BCUT2D eigenvalue weighted by Gasteiger charge is -2.30. The number of anilines is 1. The summed E-state index contributed by atoms with van der Waals surface area (Å²) in [5.41, 5.74) is 12.5. The van der Waals surface area contributed by atoms with Gasteiger partial charge in [0.1, 0.15) is 11.5 Å². The zero-order valence-corrected chi connectivity index (χ0v) is 19.8. The summed E-state index contributed by atoms with van der Waals surface area (Å²) in [6.07, 6.45) is 7.49. The first-order valence-electron chi connectivity index (χ1n) is 11.6. The van der Waals surface area contributed by atoms with Crippen LogP contribution in [0.5, 0.6) is 0 Å². The molecule has 1 aromatic heterocycles. The number of hydrogen-bond acceptors (Lipinski definition) is 5. The summed E-state index contributed by atoms with van der Waals surface area (Å²) in [7, 11) is 0. The van der Waals surface area contributed by atoms with Crippen LogP contribution in [0.1, 0.15) is 48.3 Å². The van der Waals surface area contributed by atoms with Crippen molar-refractivity contribution < 1.29 is 4.79 Å². The van der Waals surface area contributed by atoms with E-state index in [1.54, 1.807) is 6.20 Å². The summed E-state index contributed by atoms with van der Waals surface area (Å²) in [6.45, 7) is 10.5. The van der Waals surface area contributed by atoms with Gasteiger partial charge in [0.2, 0.25) is 0 Å². The van der Waals surface area contributed by atoms with Gasteiger partial charge in [0, 0.05) is 48.5 Å². The van der Waals surface area contributed by atoms with Crippen molar-refractivity contribution >= 4 is 23.1 Å². The summed E-state index contributed by atoms with van der Waals surface area (Å²) < 4.78 is 0. The molecular weight excluding hydrogens is 424 g/mol. The first-order valence-corrected chi connectivity index (χ1v) is 11.6. The molecule has 1 amide bonds. The number of carbonyl (C=O) groups excluding carboxylic acids is 1. The molecule has 1 fully saturated rings. The van der Waals surface area contributed by atoms with Crippen molar-refractivity contribution in [3.8, 4) is 0 Å². The fourth-order valence-electron chi connectivity index (χ4n) is 4.29. The highest BCUT2D eigenvalue weighted by Crippen LogP contribution is 2.25. The second-order valence-corrected chi connectivity index (χ2v) is 8.98. The number of nitrogens with one attached hydrogen (secondary N) is 2. The number of rotatable bonds is 6. The van der Waals surface area contributed by atoms with E-state index in [1.165, 1.54) is 11.8 Å². The smallest absolute Gasteiger partial charge is 0.274 e. The third-order valence-electron chi connectivity index (χ3n) is 6.01. The number of amides is 1. The molecule has 1 atom stereocenters. The number of aliphatic imine (C=N–C) groups is 1. The van der Waals surface area contributed by atoms with Gasteiger partial charge < -0.3 is 16.4 Å². The van der Waals surface area contributed by atoms with E-state index in [4.69, 9.17) is 5.73 Å². The molecule has 7 nitrogen and oxygen atoms in total. The van der Waals surface area contributed by atoms with Gasteiger partial charge >= 0.3 is 0 Å². The lowest BCUT2D eigenvalue weighted by Crippen LogP contribution is -2.42. The van der Waals surface area contributed by atoms with Crippen LogP contribution in [-0.2, 0) is 6.54 Å². The van der Waals surface area contributed by atoms with Crippen LogP contribution in [0.25, 0.3) is 5.70 Å². The average Bonchev–Trinajstić information content (AvgIpc) is 3.24. The van der Waals surface area contributed by atoms with Crippen LogP contribution < -0.4 is 16.4 Å². The third kappa shape index (κ3) is 5.68. The molecule has 2 aliphatic heterocycles. The topological polar surface area (TPSA) is 95.6 Å². The van der Waals surface area contributed by atoms with Crippen molar-refractivity contribution in [2.24, 2.45) is 10.7 Å². The Morgan fingerprint density at radius 2 is 2.12 bits per heavy atom. The molecule has 176 valence electrons. The first-order chi connectivity index (χ1) is 16.4. The van der Waals surface area contributed by atoms with Gasteiger partial charge in [0.25, 0.3) is 5.91 Å². The van der Waals surface area contributed by atoms with Gasteiger partial charge in [-0.25, -0.2) is 4.99 Å². The van der Waals surface area contributed by atoms with Crippen molar-refractivity contribution in [1.29, 1.82) is 0 Å².